The number of carbonyl (C=O) groups is 2. The fourth-order valence-corrected chi connectivity index (χ4v) is 2.18. The van der Waals surface area contributed by atoms with Crippen molar-refractivity contribution >= 4 is 23.3 Å². The fourth-order valence-electron chi connectivity index (χ4n) is 1.48. The smallest absolute Gasteiger partial charge is 0.328 e. The molecule has 0 fully saturated rings. The average molecular weight is 286 g/mol. The van der Waals surface area contributed by atoms with Gasteiger partial charge in [0.25, 0.3) is 0 Å². The Balaban J connectivity index is 2.70. The van der Waals surface area contributed by atoms with Gasteiger partial charge in [-0.3, -0.25) is 0 Å². The molecule has 0 saturated heterocycles. The van der Waals surface area contributed by atoms with Crippen molar-refractivity contribution in [3.8, 4) is 0 Å². The quantitative estimate of drug-likeness (QED) is 0.731. The van der Waals surface area contributed by atoms with E-state index in [0.717, 1.165) is 4.88 Å². The first-order valence-corrected chi connectivity index (χ1v) is 6.76. The van der Waals surface area contributed by atoms with Crippen LogP contribution in [0.25, 0.3) is 0 Å². The molecule has 7 heteroatoms. The number of nitrogens with one attached hydrogen (secondary N) is 1. The molecule has 3 N–H and O–H groups in total. The SMILES string of the molecule is CC(C)N(Cc1cccs1)C(=O)NC(CO)C(=O)O. The van der Waals surface area contributed by atoms with Crippen LogP contribution in [-0.2, 0) is 11.3 Å². The molecule has 1 rings (SSSR count). The van der Waals surface area contributed by atoms with Crippen LogP contribution in [0.3, 0.4) is 0 Å². The van der Waals surface area contributed by atoms with E-state index in [-0.39, 0.29) is 6.04 Å². The minimum Gasteiger partial charge on any atom is -0.480 e. The number of carboxylic acid groups (broad SMARTS) is 1. The van der Waals surface area contributed by atoms with E-state index in [1.54, 1.807) is 0 Å². The second-order valence-electron chi connectivity index (χ2n) is 4.32. The first kappa shape index (κ1) is 15.5. The van der Waals surface area contributed by atoms with E-state index < -0.39 is 24.6 Å². The highest BCUT2D eigenvalue weighted by Crippen LogP contribution is 2.14. The van der Waals surface area contributed by atoms with Crippen LogP contribution in [0, 0.1) is 0 Å². The van der Waals surface area contributed by atoms with Crippen molar-refractivity contribution in [1.82, 2.24) is 10.2 Å². The van der Waals surface area contributed by atoms with Crippen molar-refractivity contribution in [2.75, 3.05) is 6.61 Å². The molecule has 19 heavy (non-hydrogen) atoms. The maximum Gasteiger partial charge on any atom is 0.328 e. The van der Waals surface area contributed by atoms with Gasteiger partial charge in [-0.2, -0.15) is 0 Å². The molecule has 1 atom stereocenters. The first-order chi connectivity index (χ1) is 8.95. The Bertz CT molecular complexity index is 419. The number of aliphatic hydroxyl groups is 1. The van der Waals surface area contributed by atoms with Gasteiger partial charge in [-0.05, 0) is 25.3 Å². The summed E-state index contributed by atoms with van der Waals surface area (Å²) in [5, 5.41) is 21.9. The molecule has 6 nitrogen and oxygen atoms in total. The second-order valence-corrected chi connectivity index (χ2v) is 5.36. The Morgan fingerprint density at radius 2 is 2.16 bits per heavy atom. The average Bonchev–Trinajstić information content (AvgIpc) is 2.84. The summed E-state index contributed by atoms with van der Waals surface area (Å²) >= 11 is 1.53. The van der Waals surface area contributed by atoms with Gasteiger partial charge >= 0.3 is 12.0 Å². The number of urea groups is 1. The molecule has 0 aliphatic rings. The lowest BCUT2D eigenvalue weighted by Gasteiger charge is -2.27. The predicted octanol–water partition coefficient (Wildman–Crippen LogP) is 1.11. The first-order valence-electron chi connectivity index (χ1n) is 5.89. The highest BCUT2D eigenvalue weighted by molar-refractivity contribution is 7.09. The molecule has 0 radical (unpaired) electrons. The minimum absolute atomic E-state index is 0.0739. The molecule has 1 unspecified atom stereocenters. The number of rotatable bonds is 6. The van der Waals surface area contributed by atoms with Crippen LogP contribution < -0.4 is 5.32 Å². The van der Waals surface area contributed by atoms with E-state index in [4.69, 9.17) is 10.2 Å². The topological polar surface area (TPSA) is 89.9 Å². The zero-order valence-electron chi connectivity index (χ0n) is 10.9. The van der Waals surface area contributed by atoms with E-state index in [1.165, 1.54) is 16.2 Å². The van der Waals surface area contributed by atoms with Crippen molar-refractivity contribution in [2.45, 2.75) is 32.5 Å². The largest absolute Gasteiger partial charge is 0.480 e. The van der Waals surface area contributed by atoms with Gasteiger partial charge in [-0.25, -0.2) is 9.59 Å². The van der Waals surface area contributed by atoms with Crippen LogP contribution in [-0.4, -0.2) is 45.8 Å². The summed E-state index contributed by atoms with van der Waals surface area (Å²) in [7, 11) is 0. The van der Waals surface area contributed by atoms with Gasteiger partial charge in [0, 0.05) is 10.9 Å². The molecular formula is C12H18N2O4S. The number of nitrogens with zero attached hydrogens (tertiary/aromatic N) is 1. The number of aliphatic hydroxyl groups excluding tert-OH is 1. The van der Waals surface area contributed by atoms with Crippen molar-refractivity contribution in [3.05, 3.63) is 22.4 Å². The number of thiophene rings is 1. The normalized spacial score (nSPS) is 12.2. The van der Waals surface area contributed by atoms with Crippen LogP contribution in [0.1, 0.15) is 18.7 Å². The number of amides is 2. The highest BCUT2D eigenvalue weighted by atomic mass is 32.1. The van der Waals surface area contributed by atoms with Crippen LogP contribution in [0.4, 0.5) is 4.79 Å². The highest BCUT2D eigenvalue weighted by Gasteiger charge is 2.24. The molecule has 0 spiro atoms. The standard InChI is InChI=1S/C12H18N2O4S/c1-8(2)14(6-9-4-3-5-19-9)12(18)13-10(7-15)11(16)17/h3-5,8,10,15H,6-7H2,1-2H3,(H,13,18)(H,16,17). The second kappa shape index (κ2) is 7.10. The minimum atomic E-state index is -1.28. The van der Waals surface area contributed by atoms with Crippen LogP contribution in [0.5, 0.6) is 0 Å². The molecule has 0 saturated carbocycles. The molecule has 1 heterocycles. The Morgan fingerprint density at radius 3 is 2.58 bits per heavy atom. The summed E-state index contributed by atoms with van der Waals surface area (Å²) in [5.74, 6) is -1.25. The summed E-state index contributed by atoms with van der Waals surface area (Å²) in [6.45, 7) is 3.48. The summed E-state index contributed by atoms with van der Waals surface area (Å²) in [6, 6.07) is 1.95. The summed E-state index contributed by atoms with van der Waals surface area (Å²) in [6.07, 6.45) is 0. The third-order valence-electron chi connectivity index (χ3n) is 2.57. The van der Waals surface area contributed by atoms with Gasteiger partial charge in [0.15, 0.2) is 6.04 Å². The number of hydrogen-bond donors (Lipinski definition) is 3. The maximum atomic E-state index is 12.0. The van der Waals surface area contributed by atoms with Gasteiger partial charge in [0.2, 0.25) is 0 Å². The van der Waals surface area contributed by atoms with Gasteiger partial charge < -0.3 is 20.4 Å². The predicted molar refractivity (Wildman–Crippen MR) is 72.0 cm³/mol. The Labute approximate surface area is 115 Å². The molecule has 1 aromatic heterocycles. The molecule has 0 bridgehead atoms. The van der Waals surface area contributed by atoms with E-state index in [1.807, 2.05) is 31.4 Å². The van der Waals surface area contributed by atoms with E-state index in [9.17, 15) is 9.59 Å². The fraction of sp³-hybridized carbons (Fsp3) is 0.500. The van der Waals surface area contributed by atoms with E-state index in [0.29, 0.717) is 6.54 Å². The Hall–Kier alpha value is -1.60. The van der Waals surface area contributed by atoms with Crippen LogP contribution >= 0.6 is 11.3 Å². The number of carboxylic acids is 1. The molecule has 0 aliphatic carbocycles. The van der Waals surface area contributed by atoms with Gasteiger partial charge in [0.1, 0.15) is 0 Å². The zero-order valence-corrected chi connectivity index (χ0v) is 11.7. The molecule has 0 aromatic carbocycles. The zero-order chi connectivity index (χ0) is 14.4. The van der Waals surface area contributed by atoms with Crippen molar-refractivity contribution < 1.29 is 19.8 Å². The van der Waals surface area contributed by atoms with Crippen molar-refractivity contribution in [1.29, 1.82) is 0 Å². The molecule has 2 amide bonds. The lowest BCUT2D eigenvalue weighted by atomic mass is 10.3. The van der Waals surface area contributed by atoms with Crippen LogP contribution in [0.15, 0.2) is 17.5 Å². The van der Waals surface area contributed by atoms with E-state index in [2.05, 4.69) is 5.32 Å². The van der Waals surface area contributed by atoms with E-state index >= 15 is 0 Å². The third kappa shape index (κ3) is 4.53. The van der Waals surface area contributed by atoms with Crippen molar-refractivity contribution in [2.24, 2.45) is 0 Å². The number of aliphatic carboxylic acids is 1. The summed E-state index contributed by atoms with van der Waals surface area (Å²) < 4.78 is 0. The summed E-state index contributed by atoms with van der Waals surface area (Å²) in [4.78, 5) is 25.4. The summed E-state index contributed by atoms with van der Waals surface area (Å²) in [5.41, 5.74) is 0. The maximum absolute atomic E-state index is 12.0. The lowest BCUT2D eigenvalue weighted by molar-refractivity contribution is -0.140. The van der Waals surface area contributed by atoms with Crippen LogP contribution in [0.2, 0.25) is 0 Å². The Morgan fingerprint density at radius 1 is 1.47 bits per heavy atom. The third-order valence-corrected chi connectivity index (χ3v) is 3.43. The molecule has 106 valence electrons. The lowest BCUT2D eigenvalue weighted by Crippen LogP contribution is -2.51. The van der Waals surface area contributed by atoms with Crippen molar-refractivity contribution in [3.63, 3.8) is 0 Å². The monoisotopic (exact) mass is 286 g/mol. The number of carbonyl (C=O) groups excluding carboxylic acids is 1. The molecular weight excluding hydrogens is 268 g/mol. The van der Waals surface area contributed by atoms with Gasteiger partial charge in [0.05, 0.1) is 13.2 Å². The number of hydrogen-bond acceptors (Lipinski definition) is 4. The van der Waals surface area contributed by atoms with Gasteiger partial charge in [-0.15, -0.1) is 11.3 Å². The van der Waals surface area contributed by atoms with Gasteiger partial charge in [-0.1, -0.05) is 6.07 Å². The molecule has 1 aromatic rings. The molecule has 0 aliphatic heterocycles. The Kier molecular flexibility index (Phi) is 5.78.